The second-order valence-electron chi connectivity index (χ2n) is 5.72. The van der Waals surface area contributed by atoms with Gasteiger partial charge in [0.05, 0.1) is 17.6 Å². The summed E-state index contributed by atoms with van der Waals surface area (Å²) >= 11 is 0. The van der Waals surface area contributed by atoms with Crippen LogP contribution in [0.15, 0.2) is 54.6 Å². The molecule has 0 radical (unpaired) electrons. The van der Waals surface area contributed by atoms with Gasteiger partial charge < -0.3 is 15.2 Å². The number of fused-ring (bicyclic) bond motifs is 1. The predicted octanol–water partition coefficient (Wildman–Crippen LogP) is 1.66. The smallest absolute Gasteiger partial charge is 0.251 e. The fourth-order valence-corrected chi connectivity index (χ4v) is 2.65. The second-order valence-corrected chi connectivity index (χ2v) is 5.72. The van der Waals surface area contributed by atoms with Crippen molar-refractivity contribution in [3.8, 4) is 0 Å². The van der Waals surface area contributed by atoms with Gasteiger partial charge in [-0.1, -0.05) is 30.3 Å². The molecule has 0 spiro atoms. The molecule has 3 rings (SSSR count). The summed E-state index contributed by atoms with van der Waals surface area (Å²) in [5, 5.41) is 5.41. The number of aromatic nitrogens is 2. The number of para-hydroxylation sites is 2. The van der Waals surface area contributed by atoms with Crippen molar-refractivity contribution >= 4 is 22.8 Å². The number of rotatable bonds is 6. The molecule has 2 aromatic carbocycles. The van der Waals surface area contributed by atoms with E-state index in [1.165, 1.54) is 0 Å². The maximum absolute atomic E-state index is 11.9. The Kier molecular flexibility index (Phi) is 5.09. The first-order chi connectivity index (χ1) is 12.1. The highest BCUT2D eigenvalue weighted by Gasteiger charge is 2.09. The standard InChI is InChI=1S/C19H20N4O2/c1-23-16-10-6-5-9-15(16)22-17(23)11-12-20-18(24)13-21-19(25)14-7-3-2-4-8-14/h2-10H,11-13H2,1H3,(H,20,24)(H,21,25). The van der Waals surface area contributed by atoms with Crippen molar-refractivity contribution in [3.05, 3.63) is 66.0 Å². The molecule has 0 atom stereocenters. The molecule has 3 aromatic rings. The first-order valence-electron chi connectivity index (χ1n) is 8.15. The Labute approximate surface area is 145 Å². The molecule has 2 N–H and O–H groups in total. The Morgan fingerprint density at radius 2 is 1.72 bits per heavy atom. The van der Waals surface area contributed by atoms with Crippen LogP contribution in [0.3, 0.4) is 0 Å². The number of nitrogens with one attached hydrogen (secondary N) is 2. The maximum Gasteiger partial charge on any atom is 0.251 e. The zero-order chi connectivity index (χ0) is 17.6. The van der Waals surface area contributed by atoms with Crippen molar-refractivity contribution in [1.29, 1.82) is 0 Å². The van der Waals surface area contributed by atoms with Crippen molar-refractivity contribution in [1.82, 2.24) is 20.2 Å². The zero-order valence-electron chi connectivity index (χ0n) is 14.0. The summed E-state index contributed by atoms with van der Waals surface area (Å²) in [5.74, 6) is 0.434. The van der Waals surface area contributed by atoms with Gasteiger partial charge in [-0.15, -0.1) is 0 Å². The minimum absolute atomic E-state index is 0.0454. The van der Waals surface area contributed by atoms with Gasteiger partial charge in [-0.3, -0.25) is 9.59 Å². The van der Waals surface area contributed by atoms with E-state index in [0.717, 1.165) is 16.9 Å². The highest BCUT2D eigenvalue weighted by Crippen LogP contribution is 2.14. The molecule has 0 aliphatic carbocycles. The van der Waals surface area contributed by atoms with Crippen molar-refractivity contribution in [2.24, 2.45) is 7.05 Å². The van der Waals surface area contributed by atoms with Crippen LogP contribution in [0, 0.1) is 0 Å². The minimum atomic E-state index is -0.258. The SMILES string of the molecule is Cn1c(CCNC(=O)CNC(=O)c2ccccc2)nc2ccccc21. The number of benzene rings is 2. The van der Waals surface area contributed by atoms with Crippen LogP contribution >= 0.6 is 0 Å². The van der Waals surface area contributed by atoms with E-state index >= 15 is 0 Å². The number of carbonyl (C=O) groups is 2. The molecule has 2 amide bonds. The van der Waals surface area contributed by atoms with Crippen molar-refractivity contribution < 1.29 is 9.59 Å². The van der Waals surface area contributed by atoms with Crippen LogP contribution in [0.2, 0.25) is 0 Å². The van der Waals surface area contributed by atoms with Gasteiger partial charge in [0.2, 0.25) is 5.91 Å². The number of hydrogen-bond donors (Lipinski definition) is 2. The van der Waals surface area contributed by atoms with Crippen LogP contribution in [0.1, 0.15) is 16.2 Å². The van der Waals surface area contributed by atoms with Crippen molar-refractivity contribution in [2.45, 2.75) is 6.42 Å². The zero-order valence-corrected chi connectivity index (χ0v) is 14.0. The summed E-state index contributed by atoms with van der Waals surface area (Å²) in [6.07, 6.45) is 0.629. The fourth-order valence-electron chi connectivity index (χ4n) is 2.65. The summed E-state index contributed by atoms with van der Waals surface area (Å²) < 4.78 is 2.03. The number of nitrogens with zero attached hydrogens (tertiary/aromatic N) is 2. The number of imidazole rings is 1. The molecule has 6 heteroatoms. The summed E-state index contributed by atoms with van der Waals surface area (Å²) in [4.78, 5) is 28.3. The van der Waals surface area contributed by atoms with Gasteiger partial charge in [0.15, 0.2) is 0 Å². The molecular formula is C19H20N4O2. The second kappa shape index (κ2) is 7.61. The lowest BCUT2D eigenvalue weighted by Gasteiger charge is -2.07. The quantitative estimate of drug-likeness (QED) is 0.719. The molecular weight excluding hydrogens is 316 g/mol. The van der Waals surface area contributed by atoms with Gasteiger partial charge in [-0.05, 0) is 24.3 Å². The van der Waals surface area contributed by atoms with E-state index in [-0.39, 0.29) is 18.4 Å². The van der Waals surface area contributed by atoms with E-state index in [0.29, 0.717) is 18.5 Å². The van der Waals surface area contributed by atoms with Gasteiger partial charge in [-0.25, -0.2) is 4.98 Å². The molecule has 25 heavy (non-hydrogen) atoms. The number of hydrogen-bond acceptors (Lipinski definition) is 3. The lowest BCUT2D eigenvalue weighted by Crippen LogP contribution is -2.37. The molecule has 0 bridgehead atoms. The summed E-state index contributed by atoms with van der Waals surface area (Å²) in [6, 6.07) is 16.7. The largest absolute Gasteiger partial charge is 0.354 e. The third-order valence-corrected chi connectivity index (χ3v) is 4.00. The number of amides is 2. The molecule has 1 aromatic heterocycles. The van der Waals surface area contributed by atoms with Gasteiger partial charge in [0.25, 0.3) is 5.91 Å². The molecule has 0 aliphatic heterocycles. The van der Waals surface area contributed by atoms with E-state index < -0.39 is 0 Å². The van der Waals surface area contributed by atoms with Crippen LogP contribution in [-0.2, 0) is 18.3 Å². The third kappa shape index (κ3) is 4.03. The Balaban J connectivity index is 1.46. The fraction of sp³-hybridized carbons (Fsp3) is 0.211. The van der Waals surface area contributed by atoms with Crippen LogP contribution in [0.25, 0.3) is 11.0 Å². The van der Waals surface area contributed by atoms with Crippen LogP contribution in [-0.4, -0.2) is 34.5 Å². The third-order valence-electron chi connectivity index (χ3n) is 4.00. The molecule has 6 nitrogen and oxygen atoms in total. The van der Waals surface area contributed by atoms with E-state index in [2.05, 4.69) is 15.6 Å². The molecule has 0 fully saturated rings. The Morgan fingerprint density at radius 3 is 2.48 bits per heavy atom. The van der Waals surface area contributed by atoms with E-state index in [4.69, 9.17) is 0 Å². The van der Waals surface area contributed by atoms with Gasteiger partial charge in [-0.2, -0.15) is 0 Å². The highest BCUT2D eigenvalue weighted by molar-refractivity contribution is 5.96. The number of aryl methyl sites for hydroxylation is 1. The number of carbonyl (C=O) groups excluding carboxylic acids is 2. The lowest BCUT2D eigenvalue weighted by molar-refractivity contribution is -0.120. The van der Waals surface area contributed by atoms with Crippen molar-refractivity contribution in [2.75, 3.05) is 13.1 Å². The lowest BCUT2D eigenvalue weighted by atomic mass is 10.2. The molecule has 0 saturated heterocycles. The van der Waals surface area contributed by atoms with Gasteiger partial charge in [0, 0.05) is 25.6 Å². The highest BCUT2D eigenvalue weighted by atomic mass is 16.2. The first kappa shape index (κ1) is 16.7. The van der Waals surface area contributed by atoms with E-state index in [1.807, 2.05) is 41.9 Å². The molecule has 128 valence electrons. The normalized spacial score (nSPS) is 10.6. The maximum atomic E-state index is 11.9. The summed E-state index contributed by atoms with van der Waals surface area (Å²) in [6.45, 7) is 0.424. The van der Waals surface area contributed by atoms with Crippen LogP contribution in [0.5, 0.6) is 0 Å². The topological polar surface area (TPSA) is 76.0 Å². The predicted molar refractivity (Wildman–Crippen MR) is 96.2 cm³/mol. The van der Waals surface area contributed by atoms with Crippen LogP contribution < -0.4 is 10.6 Å². The average Bonchev–Trinajstić information content (AvgIpc) is 2.97. The molecule has 1 heterocycles. The Morgan fingerprint density at radius 1 is 1.00 bits per heavy atom. The molecule has 0 aliphatic rings. The Hall–Kier alpha value is -3.15. The monoisotopic (exact) mass is 336 g/mol. The van der Waals surface area contributed by atoms with Crippen molar-refractivity contribution in [3.63, 3.8) is 0 Å². The van der Waals surface area contributed by atoms with Gasteiger partial charge in [0.1, 0.15) is 5.82 Å². The molecule has 0 unspecified atom stereocenters. The minimum Gasteiger partial charge on any atom is -0.354 e. The van der Waals surface area contributed by atoms with E-state index in [9.17, 15) is 9.59 Å². The summed E-state index contributed by atoms with van der Waals surface area (Å²) in [7, 11) is 1.96. The average molecular weight is 336 g/mol. The van der Waals surface area contributed by atoms with Crippen LogP contribution in [0.4, 0.5) is 0 Å². The molecule has 0 saturated carbocycles. The van der Waals surface area contributed by atoms with E-state index in [1.54, 1.807) is 24.3 Å². The van der Waals surface area contributed by atoms with Gasteiger partial charge >= 0.3 is 0 Å². The first-order valence-corrected chi connectivity index (χ1v) is 8.15. The summed E-state index contributed by atoms with van der Waals surface area (Å²) in [5.41, 5.74) is 2.55. The Bertz CT molecular complexity index is 887.